The summed E-state index contributed by atoms with van der Waals surface area (Å²) in [6.45, 7) is 4.81. The average molecular weight is 267 g/mol. The standard InChI is InChI=1S/C13H17NO3S/c1-10-2-3-11(18-10)12(15)14-6-4-13(5-7-14)16-8-9-17-13/h2-3H,4-9H2,1H3. The lowest BCUT2D eigenvalue weighted by atomic mass is 10.0. The predicted octanol–water partition coefficient (Wildman–Crippen LogP) is 2.04. The van der Waals surface area contributed by atoms with Crippen LogP contribution in [0.2, 0.25) is 0 Å². The van der Waals surface area contributed by atoms with E-state index >= 15 is 0 Å². The summed E-state index contributed by atoms with van der Waals surface area (Å²) in [4.78, 5) is 16.2. The van der Waals surface area contributed by atoms with E-state index in [1.807, 2.05) is 24.0 Å². The minimum atomic E-state index is -0.401. The number of aryl methyl sites for hydroxylation is 1. The molecule has 3 heterocycles. The molecule has 0 atom stereocenters. The van der Waals surface area contributed by atoms with E-state index in [2.05, 4.69) is 0 Å². The van der Waals surface area contributed by atoms with Gasteiger partial charge in [-0.15, -0.1) is 11.3 Å². The molecule has 5 heteroatoms. The predicted molar refractivity (Wildman–Crippen MR) is 68.8 cm³/mol. The maximum Gasteiger partial charge on any atom is 0.263 e. The Morgan fingerprint density at radius 2 is 1.94 bits per heavy atom. The second-order valence-corrected chi connectivity index (χ2v) is 6.10. The van der Waals surface area contributed by atoms with Gasteiger partial charge in [-0.3, -0.25) is 4.79 Å². The topological polar surface area (TPSA) is 38.8 Å². The van der Waals surface area contributed by atoms with Gasteiger partial charge in [0.1, 0.15) is 0 Å². The zero-order valence-electron chi connectivity index (χ0n) is 10.5. The largest absolute Gasteiger partial charge is 0.347 e. The van der Waals surface area contributed by atoms with Crippen molar-refractivity contribution >= 4 is 17.2 Å². The van der Waals surface area contributed by atoms with Crippen LogP contribution in [-0.4, -0.2) is 42.9 Å². The minimum Gasteiger partial charge on any atom is -0.347 e. The Balaban J connectivity index is 1.64. The van der Waals surface area contributed by atoms with Crippen LogP contribution < -0.4 is 0 Å². The van der Waals surface area contributed by atoms with Gasteiger partial charge in [0.15, 0.2) is 5.79 Å². The molecule has 2 aliphatic heterocycles. The summed E-state index contributed by atoms with van der Waals surface area (Å²) in [5.74, 6) is -0.261. The van der Waals surface area contributed by atoms with E-state index in [4.69, 9.17) is 9.47 Å². The summed E-state index contributed by atoms with van der Waals surface area (Å²) in [7, 11) is 0. The molecule has 1 aromatic heterocycles. The molecule has 18 heavy (non-hydrogen) atoms. The van der Waals surface area contributed by atoms with Gasteiger partial charge in [-0.2, -0.15) is 0 Å². The first-order valence-electron chi connectivity index (χ1n) is 6.32. The van der Waals surface area contributed by atoms with Crippen molar-refractivity contribution in [1.82, 2.24) is 4.90 Å². The zero-order valence-corrected chi connectivity index (χ0v) is 11.3. The number of hydrogen-bond acceptors (Lipinski definition) is 4. The van der Waals surface area contributed by atoms with Crippen molar-refractivity contribution < 1.29 is 14.3 Å². The number of thiophene rings is 1. The van der Waals surface area contributed by atoms with Crippen LogP contribution in [0.25, 0.3) is 0 Å². The van der Waals surface area contributed by atoms with Crippen LogP contribution in [0.1, 0.15) is 27.4 Å². The van der Waals surface area contributed by atoms with Crippen LogP contribution in [0, 0.1) is 6.92 Å². The van der Waals surface area contributed by atoms with E-state index < -0.39 is 5.79 Å². The Hall–Kier alpha value is -0.910. The summed E-state index contributed by atoms with van der Waals surface area (Å²) in [6.07, 6.45) is 1.56. The first-order chi connectivity index (χ1) is 8.69. The molecular weight excluding hydrogens is 250 g/mol. The van der Waals surface area contributed by atoms with Crippen molar-refractivity contribution in [2.75, 3.05) is 26.3 Å². The van der Waals surface area contributed by atoms with Crippen LogP contribution >= 0.6 is 11.3 Å². The van der Waals surface area contributed by atoms with Crippen molar-refractivity contribution in [3.8, 4) is 0 Å². The maximum absolute atomic E-state index is 12.3. The van der Waals surface area contributed by atoms with Crippen LogP contribution in [-0.2, 0) is 9.47 Å². The fraction of sp³-hybridized carbons (Fsp3) is 0.615. The first kappa shape index (κ1) is 12.1. The lowest BCUT2D eigenvalue weighted by Gasteiger charge is -2.37. The zero-order chi connectivity index (χ0) is 12.6. The molecule has 0 N–H and O–H groups in total. The molecule has 0 bridgehead atoms. The van der Waals surface area contributed by atoms with Gasteiger partial charge >= 0.3 is 0 Å². The highest BCUT2D eigenvalue weighted by Gasteiger charge is 2.40. The third kappa shape index (κ3) is 2.18. The minimum absolute atomic E-state index is 0.140. The Morgan fingerprint density at radius 1 is 1.28 bits per heavy atom. The Morgan fingerprint density at radius 3 is 2.50 bits per heavy atom. The number of carbonyl (C=O) groups excluding carboxylic acids is 1. The fourth-order valence-corrected chi connectivity index (χ4v) is 3.38. The first-order valence-corrected chi connectivity index (χ1v) is 7.14. The van der Waals surface area contributed by atoms with Crippen LogP contribution in [0.4, 0.5) is 0 Å². The fourth-order valence-electron chi connectivity index (χ4n) is 2.54. The van der Waals surface area contributed by atoms with Crippen molar-refractivity contribution in [3.63, 3.8) is 0 Å². The van der Waals surface area contributed by atoms with Crippen molar-refractivity contribution in [3.05, 3.63) is 21.9 Å². The molecule has 1 spiro atoms. The van der Waals surface area contributed by atoms with Gasteiger partial charge in [0.05, 0.1) is 18.1 Å². The summed E-state index contributed by atoms with van der Waals surface area (Å²) >= 11 is 1.56. The van der Waals surface area contributed by atoms with Crippen molar-refractivity contribution in [2.24, 2.45) is 0 Å². The molecule has 2 aliphatic rings. The number of hydrogen-bond donors (Lipinski definition) is 0. The molecule has 0 aliphatic carbocycles. The molecule has 1 aromatic rings. The summed E-state index contributed by atoms with van der Waals surface area (Å²) in [5.41, 5.74) is 0. The van der Waals surface area contributed by atoms with Crippen molar-refractivity contribution in [1.29, 1.82) is 0 Å². The maximum atomic E-state index is 12.3. The summed E-state index contributed by atoms with van der Waals surface area (Å²) in [5, 5.41) is 0. The number of amides is 1. The highest BCUT2D eigenvalue weighted by molar-refractivity contribution is 7.13. The molecule has 2 saturated heterocycles. The van der Waals surface area contributed by atoms with Gasteiger partial charge in [0.25, 0.3) is 5.91 Å². The van der Waals surface area contributed by atoms with Gasteiger partial charge in [0, 0.05) is 30.8 Å². The van der Waals surface area contributed by atoms with E-state index in [1.165, 1.54) is 4.88 Å². The number of piperidine rings is 1. The van der Waals surface area contributed by atoms with Crippen LogP contribution in [0.3, 0.4) is 0 Å². The third-order valence-electron chi connectivity index (χ3n) is 3.58. The van der Waals surface area contributed by atoms with Gasteiger partial charge in [-0.05, 0) is 19.1 Å². The Labute approximate surface area is 110 Å². The number of carbonyl (C=O) groups is 1. The number of ether oxygens (including phenoxy) is 2. The lowest BCUT2D eigenvalue weighted by molar-refractivity contribution is -0.181. The third-order valence-corrected chi connectivity index (χ3v) is 4.57. The van der Waals surface area contributed by atoms with E-state index in [9.17, 15) is 4.79 Å². The van der Waals surface area contributed by atoms with E-state index in [0.717, 1.165) is 30.8 Å². The van der Waals surface area contributed by atoms with Gasteiger partial charge in [-0.25, -0.2) is 0 Å². The molecule has 0 unspecified atom stereocenters. The summed E-state index contributed by atoms with van der Waals surface area (Å²) in [6, 6.07) is 3.90. The molecule has 98 valence electrons. The molecule has 0 radical (unpaired) electrons. The Bertz CT molecular complexity index is 441. The molecule has 0 aromatic carbocycles. The molecule has 4 nitrogen and oxygen atoms in total. The normalized spacial score (nSPS) is 22.6. The van der Waals surface area contributed by atoms with Gasteiger partial charge in [0.2, 0.25) is 0 Å². The Kier molecular flexibility index (Phi) is 3.13. The van der Waals surface area contributed by atoms with E-state index in [0.29, 0.717) is 13.2 Å². The van der Waals surface area contributed by atoms with Gasteiger partial charge in [-0.1, -0.05) is 0 Å². The quantitative estimate of drug-likeness (QED) is 0.781. The molecule has 1 amide bonds. The highest BCUT2D eigenvalue weighted by Crippen LogP contribution is 2.32. The highest BCUT2D eigenvalue weighted by atomic mass is 32.1. The molecular formula is C13H17NO3S. The van der Waals surface area contributed by atoms with E-state index in [-0.39, 0.29) is 5.91 Å². The molecule has 2 fully saturated rings. The van der Waals surface area contributed by atoms with Crippen LogP contribution in [0.15, 0.2) is 12.1 Å². The van der Waals surface area contributed by atoms with E-state index in [1.54, 1.807) is 11.3 Å². The lowest BCUT2D eigenvalue weighted by Crippen LogP contribution is -2.47. The molecule has 3 rings (SSSR count). The monoisotopic (exact) mass is 267 g/mol. The second-order valence-electron chi connectivity index (χ2n) is 4.81. The summed E-state index contributed by atoms with van der Waals surface area (Å²) < 4.78 is 11.3. The van der Waals surface area contributed by atoms with Crippen LogP contribution in [0.5, 0.6) is 0 Å². The number of likely N-dealkylation sites (tertiary alicyclic amines) is 1. The molecule has 0 saturated carbocycles. The second kappa shape index (κ2) is 4.64. The average Bonchev–Trinajstić information content (AvgIpc) is 3.00. The number of rotatable bonds is 1. The smallest absolute Gasteiger partial charge is 0.263 e. The number of nitrogens with zero attached hydrogens (tertiary/aromatic N) is 1. The van der Waals surface area contributed by atoms with Gasteiger partial charge < -0.3 is 14.4 Å². The SMILES string of the molecule is Cc1ccc(C(=O)N2CCC3(CC2)OCCO3)s1. The van der Waals surface area contributed by atoms with Crippen molar-refractivity contribution in [2.45, 2.75) is 25.6 Å².